The Morgan fingerprint density at radius 3 is 2.57 bits per heavy atom. The van der Waals surface area contributed by atoms with Gasteiger partial charge in [0.1, 0.15) is 5.75 Å². The zero-order valence-electron chi connectivity index (χ0n) is 12.1. The highest BCUT2D eigenvalue weighted by Crippen LogP contribution is 2.41. The summed E-state index contributed by atoms with van der Waals surface area (Å²) in [6.07, 6.45) is 2.20. The predicted octanol–water partition coefficient (Wildman–Crippen LogP) is 0.315. The number of fused-ring (bicyclic) bond motifs is 4. The van der Waals surface area contributed by atoms with Crippen molar-refractivity contribution in [3.05, 3.63) is 41.5 Å². The highest BCUT2D eigenvalue weighted by atomic mass is 35.5. The minimum absolute atomic E-state index is 0. The van der Waals surface area contributed by atoms with E-state index in [2.05, 4.69) is 0 Å². The summed E-state index contributed by atoms with van der Waals surface area (Å²) < 4.78 is 11.0. The average molecular weight is 333 g/mol. The van der Waals surface area contributed by atoms with Crippen molar-refractivity contribution in [3.8, 4) is 17.2 Å². The third kappa shape index (κ3) is 2.25. The molecule has 2 heterocycles. The smallest absolute Gasteiger partial charge is 0.403 e. The summed E-state index contributed by atoms with van der Waals surface area (Å²) in [6.45, 7) is 1.91. The Kier molecular flexibility index (Phi) is 3.55. The predicted molar refractivity (Wildman–Crippen MR) is 81.9 cm³/mol. The van der Waals surface area contributed by atoms with Gasteiger partial charge in [0.05, 0.1) is 10.8 Å². The molecule has 3 aromatic rings. The molecule has 0 spiro atoms. The van der Waals surface area contributed by atoms with Crippen LogP contribution in [0.3, 0.4) is 0 Å². The van der Waals surface area contributed by atoms with Gasteiger partial charge in [-0.2, -0.15) is 4.42 Å². The zero-order valence-corrected chi connectivity index (χ0v) is 12.8. The van der Waals surface area contributed by atoms with Crippen LogP contribution in [0.2, 0.25) is 0 Å². The second-order valence-corrected chi connectivity index (χ2v) is 5.31. The number of phenolic OH excluding ortho intramolecular Hbond substituents is 2. The number of ether oxygens (including phenoxy) is 1. The molecule has 0 fully saturated rings. The highest BCUT2D eigenvalue weighted by Gasteiger charge is 2.26. The van der Waals surface area contributed by atoms with Crippen molar-refractivity contribution in [2.45, 2.75) is 13.2 Å². The summed E-state index contributed by atoms with van der Waals surface area (Å²) >= 11 is 0. The second-order valence-electron chi connectivity index (χ2n) is 5.31. The number of benzene rings is 2. The maximum Gasteiger partial charge on any atom is 0.403 e. The zero-order chi connectivity index (χ0) is 15.4. The van der Waals surface area contributed by atoms with Gasteiger partial charge in [-0.25, -0.2) is 0 Å². The van der Waals surface area contributed by atoms with E-state index in [4.69, 9.17) is 9.15 Å². The topological polar surface area (TPSA) is 81.2 Å². The lowest BCUT2D eigenvalue weighted by Gasteiger charge is -2.17. The number of hydrogen-bond donors (Lipinski definition) is 3. The normalized spacial score (nSPS) is 16.0. The average Bonchev–Trinajstić information content (AvgIpc) is 2.50. The van der Waals surface area contributed by atoms with Crippen LogP contribution in [0.1, 0.15) is 11.1 Å². The SMILES string of the molecule is Cc1ccc(O)c2[o+]c3c(O)cc4c(c3cc12)C=CC(O)O4.[Cl-]. The van der Waals surface area contributed by atoms with E-state index in [9.17, 15) is 15.3 Å². The number of phenols is 2. The second kappa shape index (κ2) is 5.30. The number of aliphatic hydroxyl groups excluding tert-OH is 1. The van der Waals surface area contributed by atoms with Crippen molar-refractivity contribution in [2.24, 2.45) is 0 Å². The minimum atomic E-state index is -1.03. The van der Waals surface area contributed by atoms with Gasteiger partial charge in [-0.1, -0.05) is 6.07 Å². The molecule has 0 bridgehead atoms. The van der Waals surface area contributed by atoms with Gasteiger partial charge in [0, 0.05) is 11.6 Å². The van der Waals surface area contributed by atoms with E-state index in [1.807, 2.05) is 13.0 Å². The molecule has 5 nitrogen and oxygen atoms in total. The Balaban J connectivity index is 0.00000156. The van der Waals surface area contributed by atoms with Gasteiger partial charge in [-0.3, -0.25) is 0 Å². The summed E-state index contributed by atoms with van der Waals surface area (Å²) in [5.41, 5.74) is 2.24. The molecule has 3 N–H and O–H groups in total. The minimum Gasteiger partial charge on any atom is -1.00 e. The molecule has 2 aromatic carbocycles. The number of aromatic hydroxyl groups is 2. The van der Waals surface area contributed by atoms with Crippen molar-refractivity contribution in [1.29, 1.82) is 0 Å². The van der Waals surface area contributed by atoms with Gasteiger partial charge in [0.2, 0.25) is 17.8 Å². The van der Waals surface area contributed by atoms with Crippen molar-refractivity contribution >= 4 is 28.0 Å². The van der Waals surface area contributed by atoms with E-state index in [-0.39, 0.29) is 29.5 Å². The summed E-state index contributed by atoms with van der Waals surface area (Å²) in [6, 6.07) is 6.59. The van der Waals surface area contributed by atoms with Crippen LogP contribution in [-0.2, 0) is 0 Å². The molecule has 0 radical (unpaired) electrons. The van der Waals surface area contributed by atoms with Crippen molar-refractivity contribution in [2.75, 3.05) is 0 Å². The fourth-order valence-corrected chi connectivity index (χ4v) is 2.75. The Morgan fingerprint density at radius 1 is 1.04 bits per heavy atom. The molecule has 1 aliphatic heterocycles. The standard InChI is InChI=1S/C17H12O5.ClH/c1-8-2-4-12(18)16-10(8)6-11-9-3-5-15(20)21-14(9)7-13(19)17(11)22-16;/h2-7,15,20H,1H3,(H-,18,19);1H. The Bertz CT molecular complexity index is 964. The number of aliphatic hydroxyl groups is 1. The van der Waals surface area contributed by atoms with Gasteiger partial charge < -0.3 is 32.5 Å². The van der Waals surface area contributed by atoms with Crippen LogP contribution in [0.5, 0.6) is 17.2 Å². The molecular weight excluding hydrogens is 320 g/mol. The van der Waals surface area contributed by atoms with E-state index < -0.39 is 6.29 Å². The molecule has 6 heteroatoms. The van der Waals surface area contributed by atoms with Crippen LogP contribution in [0.15, 0.2) is 34.8 Å². The van der Waals surface area contributed by atoms with E-state index in [1.165, 1.54) is 12.1 Å². The first kappa shape index (κ1) is 15.4. The first-order valence-electron chi connectivity index (χ1n) is 6.82. The monoisotopic (exact) mass is 332 g/mol. The number of hydrogen-bond acceptors (Lipinski definition) is 4. The Morgan fingerprint density at radius 2 is 1.78 bits per heavy atom. The first-order chi connectivity index (χ1) is 10.5. The van der Waals surface area contributed by atoms with Crippen molar-refractivity contribution in [1.82, 2.24) is 0 Å². The van der Waals surface area contributed by atoms with Gasteiger partial charge in [-0.15, -0.1) is 0 Å². The number of aryl methyl sites for hydroxylation is 1. The van der Waals surface area contributed by atoms with Gasteiger partial charge in [0.25, 0.3) is 0 Å². The van der Waals surface area contributed by atoms with Crippen LogP contribution >= 0.6 is 0 Å². The van der Waals surface area contributed by atoms with Crippen LogP contribution < -0.4 is 17.1 Å². The van der Waals surface area contributed by atoms with Crippen molar-refractivity contribution in [3.63, 3.8) is 0 Å². The van der Waals surface area contributed by atoms with E-state index in [0.29, 0.717) is 22.3 Å². The molecule has 118 valence electrons. The highest BCUT2D eigenvalue weighted by molar-refractivity contribution is 6.01. The number of rotatable bonds is 0. The fraction of sp³-hybridized carbons (Fsp3) is 0.118. The van der Waals surface area contributed by atoms with Gasteiger partial charge >= 0.3 is 11.2 Å². The maximum atomic E-state index is 10.2. The van der Waals surface area contributed by atoms with E-state index >= 15 is 0 Å². The summed E-state index contributed by atoms with van der Waals surface area (Å²) in [4.78, 5) is 0. The third-order valence-corrected chi connectivity index (χ3v) is 3.86. The molecule has 0 saturated carbocycles. The molecule has 0 amide bonds. The van der Waals surface area contributed by atoms with Crippen LogP contribution in [-0.4, -0.2) is 21.6 Å². The molecule has 1 unspecified atom stereocenters. The summed E-state index contributed by atoms with van der Waals surface area (Å²) in [5.74, 6) is 0.285. The fourth-order valence-electron chi connectivity index (χ4n) is 2.75. The van der Waals surface area contributed by atoms with E-state index in [0.717, 1.165) is 10.9 Å². The van der Waals surface area contributed by atoms with Crippen LogP contribution in [0, 0.1) is 6.92 Å². The summed E-state index contributed by atoms with van der Waals surface area (Å²) in [5, 5.41) is 31.1. The van der Waals surface area contributed by atoms with Gasteiger partial charge in [0.15, 0.2) is 0 Å². The lowest BCUT2D eigenvalue weighted by molar-refractivity contribution is -0.0000291. The van der Waals surface area contributed by atoms with Crippen LogP contribution in [0.25, 0.3) is 28.0 Å². The van der Waals surface area contributed by atoms with E-state index in [1.54, 1.807) is 18.2 Å². The molecule has 1 aliphatic rings. The van der Waals surface area contributed by atoms with Crippen LogP contribution in [0.4, 0.5) is 0 Å². The first-order valence-corrected chi connectivity index (χ1v) is 6.82. The van der Waals surface area contributed by atoms with Gasteiger partial charge in [-0.05, 0) is 36.8 Å². The summed E-state index contributed by atoms with van der Waals surface area (Å²) in [7, 11) is 0. The Hall–Kier alpha value is -2.50. The quantitative estimate of drug-likeness (QED) is 0.408. The maximum absolute atomic E-state index is 10.2. The molecule has 4 rings (SSSR count). The largest absolute Gasteiger partial charge is 1.00 e. The molecule has 23 heavy (non-hydrogen) atoms. The lowest BCUT2D eigenvalue weighted by atomic mass is 10.0. The third-order valence-electron chi connectivity index (χ3n) is 3.86. The molecule has 1 atom stereocenters. The lowest BCUT2D eigenvalue weighted by Crippen LogP contribution is -3.00. The van der Waals surface area contributed by atoms with Crippen molar-refractivity contribution < 1.29 is 36.9 Å². The molecule has 0 aliphatic carbocycles. The molecule has 0 saturated heterocycles. The number of halogens is 1. The molecule has 1 aromatic heterocycles. The molecular formula is C17H13ClO5. The Labute approximate surface area is 137 Å².